The number of nitrogens with zero attached hydrogens (tertiary/aromatic N) is 2. The summed E-state index contributed by atoms with van der Waals surface area (Å²) in [5.74, 6) is -0.224. The third kappa shape index (κ3) is 4.22. The van der Waals surface area contributed by atoms with Crippen LogP contribution in [0.25, 0.3) is 0 Å². The molecule has 0 radical (unpaired) electrons. The molecule has 1 saturated heterocycles. The first-order chi connectivity index (χ1) is 11.1. The lowest BCUT2D eigenvalue weighted by atomic mass is 10.2. The number of amides is 2. The van der Waals surface area contributed by atoms with Crippen LogP contribution in [0.5, 0.6) is 0 Å². The number of hydrazine groups is 1. The van der Waals surface area contributed by atoms with Crippen molar-refractivity contribution >= 4 is 17.7 Å². The van der Waals surface area contributed by atoms with Gasteiger partial charge in [-0.25, -0.2) is 4.79 Å². The second-order valence-electron chi connectivity index (χ2n) is 5.63. The molecule has 1 unspecified atom stereocenters. The highest BCUT2D eigenvalue weighted by atomic mass is 16.5. The van der Waals surface area contributed by atoms with Gasteiger partial charge in [0, 0.05) is 12.2 Å². The molecule has 0 saturated carbocycles. The van der Waals surface area contributed by atoms with E-state index in [0.717, 1.165) is 18.5 Å². The Kier molecular flexibility index (Phi) is 5.98. The largest absolute Gasteiger partial charge is 0.462 e. The van der Waals surface area contributed by atoms with E-state index in [9.17, 15) is 9.59 Å². The number of benzene rings is 1. The topological polar surface area (TPSA) is 61.9 Å². The lowest BCUT2D eigenvalue weighted by molar-refractivity contribution is -0.149. The van der Waals surface area contributed by atoms with Crippen molar-refractivity contribution in [3.8, 4) is 0 Å². The molecule has 1 aliphatic heterocycles. The fourth-order valence-electron chi connectivity index (χ4n) is 2.66. The van der Waals surface area contributed by atoms with Crippen LogP contribution in [0.2, 0.25) is 0 Å². The van der Waals surface area contributed by atoms with E-state index in [1.807, 2.05) is 51.1 Å². The Balaban J connectivity index is 1.90. The highest BCUT2D eigenvalue weighted by Gasteiger charge is 2.35. The second kappa shape index (κ2) is 7.97. The van der Waals surface area contributed by atoms with Gasteiger partial charge in [-0.15, -0.1) is 0 Å². The molecule has 1 atom stereocenters. The van der Waals surface area contributed by atoms with Crippen molar-refractivity contribution in [3.63, 3.8) is 0 Å². The first-order valence-corrected chi connectivity index (χ1v) is 8.17. The van der Waals surface area contributed by atoms with Crippen LogP contribution >= 0.6 is 0 Å². The number of para-hydroxylation sites is 1. The number of carbonyl (C=O) groups is 2. The third-order valence-electron chi connectivity index (χ3n) is 4.08. The minimum atomic E-state index is -0.224. The molecule has 23 heavy (non-hydrogen) atoms. The van der Waals surface area contributed by atoms with Gasteiger partial charge in [-0.05, 0) is 31.9 Å². The van der Waals surface area contributed by atoms with Gasteiger partial charge in [0.05, 0.1) is 6.42 Å². The van der Waals surface area contributed by atoms with Crippen molar-refractivity contribution in [3.05, 3.63) is 30.3 Å². The minimum Gasteiger partial charge on any atom is -0.462 e. The predicted molar refractivity (Wildman–Crippen MR) is 88.7 cm³/mol. The average Bonchev–Trinajstić information content (AvgIpc) is 2.85. The fourth-order valence-corrected chi connectivity index (χ4v) is 2.66. The Morgan fingerprint density at radius 2 is 1.91 bits per heavy atom. The summed E-state index contributed by atoms with van der Waals surface area (Å²) in [6.07, 6.45) is 1.71. The maximum absolute atomic E-state index is 12.2. The van der Waals surface area contributed by atoms with Crippen molar-refractivity contribution in [1.29, 1.82) is 0 Å². The van der Waals surface area contributed by atoms with Crippen molar-refractivity contribution in [2.75, 3.05) is 11.4 Å². The zero-order valence-corrected chi connectivity index (χ0v) is 14.0. The summed E-state index contributed by atoms with van der Waals surface area (Å²) < 4.78 is 5.39. The molecule has 2 rings (SSSR count). The van der Waals surface area contributed by atoms with Gasteiger partial charge < -0.3 is 4.74 Å². The summed E-state index contributed by atoms with van der Waals surface area (Å²) in [7, 11) is 0. The van der Waals surface area contributed by atoms with Crippen molar-refractivity contribution in [2.45, 2.75) is 52.3 Å². The van der Waals surface area contributed by atoms with E-state index in [1.54, 1.807) is 9.91 Å². The Hall–Kier alpha value is -2.08. The van der Waals surface area contributed by atoms with E-state index >= 15 is 0 Å². The Bertz CT molecular complexity index is 531. The molecule has 6 heteroatoms. The van der Waals surface area contributed by atoms with E-state index in [4.69, 9.17) is 4.74 Å². The number of hydrogen-bond acceptors (Lipinski definition) is 4. The van der Waals surface area contributed by atoms with Crippen LogP contribution in [0.3, 0.4) is 0 Å². The molecule has 0 bridgehead atoms. The molecule has 6 nitrogen and oxygen atoms in total. The maximum atomic E-state index is 12.2. The van der Waals surface area contributed by atoms with E-state index in [0.29, 0.717) is 6.54 Å². The Labute approximate surface area is 137 Å². The first-order valence-electron chi connectivity index (χ1n) is 8.17. The van der Waals surface area contributed by atoms with E-state index in [2.05, 4.69) is 5.43 Å². The smallest absolute Gasteiger partial charge is 0.337 e. The van der Waals surface area contributed by atoms with Gasteiger partial charge in [-0.1, -0.05) is 32.0 Å². The lowest BCUT2D eigenvalue weighted by Crippen LogP contribution is -2.40. The Morgan fingerprint density at radius 3 is 2.52 bits per heavy atom. The number of carbonyl (C=O) groups excluding carboxylic acids is 2. The number of anilines is 1. The average molecular weight is 319 g/mol. The monoisotopic (exact) mass is 319 g/mol. The third-order valence-corrected chi connectivity index (χ3v) is 4.08. The minimum absolute atomic E-state index is 0.0195. The molecule has 1 heterocycles. The first kappa shape index (κ1) is 17.3. The van der Waals surface area contributed by atoms with Crippen LogP contribution < -0.4 is 10.3 Å². The molecule has 1 aromatic carbocycles. The second-order valence-corrected chi connectivity index (χ2v) is 5.63. The Morgan fingerprint density at radius 1 is 1.26 bits per heavy atom. The van der Waals surface area contributed by atoms with E-state index in [1.165, 1.54) is 0 Å². The van der Waals surface area contributed by atoms with Gasteiger partial charge in [-0.2, -0.15) is 5.01 Å². The summed E-state index contributed by atoms with van der Waals surface area (Å²) in [5.41, 5.74) is 3.63. The summed E-state index contributed by atoms with van der Waals surface area (Å²) in [6, 6.07) is 9.29. The SMILES string of the molecule is CCC(CC)OC(=O)CCN1NC(=O)N(c2ccccc2)C1C. The van der Waals surface area contributed by atoms with Crippen molar-refractivity contribution in [2.24, 2.45) is 0 Å². The van der Waals surface area contributed by atoms with Crippen LogP contribution in [-0.4, -0.2) is 35.8 Å². The van der Waals surface area contributed by atoms with Crippen molar-refractivity contribution < 1.29 is 14.3 Å². The van der Waals surface area contributed by atoms with Gasteiger partial charge in [0.1, 0.15) is 12.3 Å². The number of urea groups is 1. The zero-order chi connectivity index (χ0) is 16.8. The van der Waals surface area contributed by atoms with Crippen LogP contribution in [0.15, 0.2) is 30.3 Å². The number of nitrogens with one attached hydrogen (secondary N) is 1. The summed E-state index contributed by atoms with van der Waals surface area (Å²) in [4.78, 5) is 25.7. The van der Waals surface area contributed by atoms with Gasteiger partial charge in [0.15, 0.2) is 0 Å². The molecule has 0 aromatic heterocycles. The molecule has 126 valence electrons. The quantitative estimate of drug-likeness (QED) is 0.785. The van der Waals surface area contributed by atoms with Gasteiger partial charge >= 0.3 is 12.0 Å². The standard InChI is InChI=1S/C17H25N3O3/c1-4-15(5-2)23-16(21)11-12-19-13(3)20(17(22)18-19)14-9-7-6-8-10-14/h6-10,13,15H,4-5,11-12H2,1-3H3,(H,18,22). The number of rotatable bonds is 7. The molecule has 1 fully saturated rings. The van der Waals surface area contributed by atoms with Crippen LogP contribution in [0, 0.1) is 0 Å². The molecular weight excluding hydrogens is 294 g/mol. The predicted octanol–water partition coefficient (Wildman–Crippen LogP) is 2.90. The molecule has 0 aliphatic carbocycles. The summed E-state index contributed by atoms with van der Waals surface area (Å²) >= 11 is 0. The van der Waals surface area contributed by atoms with Gasteiger partial charge in [0.25, 0.3) is 0 Å². The van der Waals surface area contributed by atoms with Gasteiger partial charge in [-0.3, -0.25) is 15.1 Å². The molecule has 2 amide bonds. The molecular formula is C17H25N3O3. The van der Waals surface area contributed by atoms with Crippen LogP contribution in [-0.2, 0) is 9.53 Å². The lowest BCUT2D eigenvalue weighted by Gasteiger charge is -2.24. The highest BCUT2D eigenvalue weighted by Crippen LogP contribution is 2.22. The normalized spacial score (nSPS) is 18.3. The van der Waals surface area contributed by atoms with E-state index in [-0.39, 0.29) is 30.7 Å². The zero-order valence-electron chi connectivity index (χ0n) is 14.0. The summed E-state index contributed by atoms with van der Waals surface area (Å²) in [5, 5.41) is 1.77. The van der Waals surface area contributed by atoms with Crippen LogP contribution in [0.4, 0.5) is 10.5 Å². The maximum Gasteiger partial charge on any atom is 0.337 e. The number of hydrogen-bond donors (Lipinski definition) is 1. The van der Waals surface area contributed by atoms with E-state index < -0.39 is 0 Å². The summed E-state index contributed by atoms with van der Waals surface area (Å²) in [6.45, 7) is 6.36. The molecule has 1 N–H and O–H groups in total. The fraction of sp³-hybridized carbons (Fsp3) is 0.529. The molecule has 1 aromatic rings. The molecule has 0 spiro atoms. The van der Waals surface area contributed by atoms with Crippen LogP contribution in [0.1, 0.15) is 40.0 Å². The number of esters is 1. The number of ether oxygens (including phenoxy) is 1. The van der Waals surface area contributed by atoms with Gasteiger partial charge in [0.2, 0.25) is 0 Å². The van der Waals surface area contributed by atoms with Crippen molar-refractivity contribution in [1.82, 2.24) is 10.4 Å². The highest BCUT2D eigenvalue weighted by molar-refractivity contribution is 5.94. The molecule has 1 aliphatic rings.